The molecule has 0 amide bonds. The minimum atomic E-state index is -3.57. The van der Waals surface area contributed by atoms with E-state index in [1.54, 1.807) is 30.9 Å². The van der Waals surface area contributed by atoms with Gasteiger partial charge in [-0.25, -0.2) is 13.4 Å². The third kappa shape index (κ3) is 3.69. The second-order valence-corrected chi connectivity index (χ2v) is 8.88. The molecule has 2 saturated heterocycles. The van der Waals surface area contributed by atoms with Crippen molar-refractivity contribution in [1.29, 1.82) is 0 Å². The maximum absolute atomic E-state index is 12.8. The first-order valence-electron chi connectivity index (χ1n) is 9.35. The molecule has 0 aromatic carbocycles. The van der Waals surface area contributed by atoms with E-state index >= 15 is 0 Å². The van der Waals surface area contributed by atoms with Crippen LogP contribution in [-0.4, -0.2) is 85.0 Å². The lowest BCUT2D eigenvalue weighted by Gasteiger charge is -2.35. The quantitative estimate of drug-likeness (QED) is 0.691. The topological polar surface area (TPSA) is 96.7 Å². The molecular formula is C17H25N7O3S. The molecule has 2 aliphatic heterocycles. The van der Waals surface area contributed by atoms with Crippen LogP contribution in [0.5, 0.6) is 0 Å². The number of hydrogen-bond acceptors (Lipinski definition) is 8. The van der Waals surface area contributed by atoms with E-state index in [-0.39, 0.29) is 5.03 Å². The van der Waals surface area contributed by atoms with Crippen molar-refractivity contribution in [3.05, 3.63) is 24.3 Å². The number of aryl methyl sites for hydroxylation is 2. The van der Waals surface area contributed by atoms with Gasteiger partial charge in [-0.2, -0.15) is 9.40 Å². The van der Waals surface area contributed by atoms with Gasteiger partial charge in [-0.15, -0.1) is 5.10 Å². The van der Waals surface area contributed by atoms with Gasteiger partial charge in [0.05, 0.1) is 25.1 Å². The SMILES string of the molecule is Cc1nc(S(=O)(=O)N2CCN(c3cnnc(N4CCOCC4)c3)CC2)cn1C. The molecule has 2 fully saturated rings. The zero-order valence-corrected chi connectivity index (χ0v) is 17.0. The number of sulfonamides is 1. The minimum absolute atomic E-state index is 0.112. The summed E-state index contributed by atoms with van der Waals surface area (Å²) in [5.41, 5.74) is 0.960. The molecule has 28 heavy (non-hydrogen) atoms. The number of morpholine rings is 1. The second-order valence-electron chi connectivity index (χ2n) is 7.00. The number of aromatic nitrogens is 4. The lowest BCUT2D eigenvalue weighted by atomic mass is 10.3. The molecule has 0 radical (unpaired) electrons. The Hall–Kier alpha value is -2.24. The number of piperazine rings is 1. The Bertz CT molecular complexity index is 912. The number of imidazole rings is 1. The second kappa shape index (κ2) is 7.64. The van der Waals surface area contributed by atoms with E-state index in [2.05, 4.69) is 25.0 Å². The van der Waals surface area contributed by atoms with Gasteiger partial charge in [-0.1, -0.05) is 0 Å². The lowest BCUT2D eigenvalue weighted by Crippen LogP contribution is -2.48. The average molecular weight is 408 g/mol. The predicted molar refractivity (Wildman–Crippen MR) is 104 cm³/mol. The largest absolute Gasteiger partial charge is 0.378 e. The van der Waals surface area contributed by atoms with Gasteiger partial charge in [0.25, 0.3) is 10.0 Å². The van der Waals surface area contributed by atoms with Crippen LogP contribution in [0.4, 0.5) is 11.5 Å². The molecule has 0 spiro atoms. The van der Waals surface area contributed by atoms with Gasteiger partial charge in [-0.05, 0) is 6.92 Å². The fourth-order valence-corrected chi connectivity index (χ4v) is 4.88. The molecule has 0 saturated carbocycles. The van der Waals surface area contributed by atoms with Crippen molar-refractivity contribution in [3.8, 4) is 0 Å². The summed E-state index contributed by atoms with van der Waals surface area (Å²) in [6, 6.07) is 2.02. The maximum atomic E-state index is 12.8. The van der Waals surface area contributed by atoms with Crippen LogP contribution in [0.15, 0.2) is 23.5 Å². The fraction of sp³-hybridized carbons (Fsp3) is 0.588. The van der Waals surface area contributed by atoms with Gasteiger partial charge in [0.1, 0.15) is 5.82 Å². The molecule has 11 heteroatoms. The van der Waals surface area contributed by atoms with Crippen LogP contribution in [0.3, 0.4) is 0 Å². The first kappa shape index (κ1) is 19.1. The van der Waals surface area contributed by atoms with Crippen LogP contribution in [-0.2, 0) is 21.8 Å². The number of nitrogens with zero attached hydrogens (tertiary/aromatic N) is 7. The number of ether oxygens (including phenoxy) is 1. The normalized spacial score (nSPS) is 19.2. The van der Waals surface area contributed by atoms with E-state index in [0.29, 0.717) is 45.2 Å². The zero-order valence-electron chi connectivity index (χ0n) is 16.2. The highest BCUT2D eigenvalue weighted by molar-refractivity contribution is 7.89. The van der Waals surface area contributed by atoms with Gasteiger partial charge in [-0.3, -0.25) is 0 Å². The van der Waals surface area contributed by atoms with Gasteiger partial charge in [0, 0.05) is 58.6 Å². The van der Waals surface area contributed by atoms with Crippen LogP contribution in [0.2, 0.25) is 0 Å². The molecule has 4 rings (SSSR count). The van der Waals surface area contributed by atoms with Gasteiger partial charge in [0.2, 0.25) is 0 Å². The summed E-state index contributed by atoms with van der Waals surface area (Å²) in [6.45, 7) is 6.78. The summed E-state index contributed by atoms with van der Waals surface area (Å²) in [5, 5.41) is 8.50. The Morgan fingerprint density at radius 3 is 2.39 bits per heavy atom. The summed E-state index contributed by atoms with van der Waals surface area (Å²) in [4.78, 5) is 8.49. The summed E-state index contributed by atoms with van der Waals surface area (Å²) in [5.74, 6) is 1.51. The third-order valence-electron chi connectivity index (χ3n) is 5.26. The van der Waals surface area contributed by atoms with E-state index in [4.69, 9.17) is 4.74 Å². The molecule has 152 valence electrons. The number of hydrogen-bond donors (Lipinski definition) is 0. The van der Waals surface area contributed by atoms with Crippen molar-refractivity contribution < 1.29 is 13.2 Å². The number of anilines is 2. The van der Waals surface area contributed by atoms with Crippen molar-refractivity contribution in [2.75, 3.05) is 62.3 Å². The van der Waals surface area contributed by atoms with Crippen molar-refractivity contribution in [3.63, 3.8) is 0 Å². The monoisotopic (exact) mass is 407 g/mol. The summed E-state index contributed by atoms with van der Waals surface area (Å²) < 4.78 is 34.3. The fourth-order valence-electron chi connectivity index (χ4n) is 3.43. The van der Waals surface area contributed by atoms with E-state index in [0.717, 1.165) is 24.6 Å². The van der Waals surface area contributed by atoms with Crippen LogP contribution in [0, 0.1) is 6.92 Å². The van der Waals surface area contributed by atoms with Gasteiger partial charge >= 0.3 is 0 Å². The van der Waals surface area contributed by atoms with Gasteiger partial charge in [0.15, 0.2) is 10.8 Å². The molecule has 2 aromatic rings. The highest BCUT2D eigenvalue weighted by atomic mass is 32.2. The Labute approximate surface area is 164 Å². The minimum Gasteiger partial charge on any atom is -0.378 e. The van der Waals surface area contributed by atoms with Crippen LogP contribution in [0.25, 0.3) is 0 Å². The molecule has 0 N–H and O–H groups in total. The Kier molecular flexibility index (Phi) is 5.21. The molecule has 0 aliphatic carbocycles. The summed E-state index contributed by atoms with van der Waals surface area (Å²) in [7, 11) is -1.78. The van der Waals surface area contributed by atoms with E-state index in [1.165, 1.54) is 4.31 Å². The van der Waals surface area contributed by atoms with Crippen molar-refractivity contribution in [1.82, 2.24) is 24.1 Å². The van der Waals surface area contributed by atoms with Crippen LogP contribution < -0.4 is 9.80 Å². The molecule has 0 bridgehead atoms. The van der Waals surface area contributed by atoms with Crippen LogP contribution in [0.1, 0.15) is 5.82 Å². The van der Waals surface area contributed by atoms with Crippen molar-refractivity contribution in [2.24, 2.45) is 7.05 Å². The first-order valence-corrected chi connectivity index (χ1v) is 10.8. The molecule has 4 heterocycles. The molecule has 10 nitrogen and oxygen atoms in total. The van der Waals surface area contributed by atoms with E-state index in [1.807, 2.05) is 6.07 Å². The number of rotatable bonds is 4. The predicted octanol–water partition coefficient (Wildman–Crippen LogP) is -0.134. The molecular weight excluding hydrogens is 382 g/mol. The first-order chi connectivity index (χ1) is 13.4. The van der Waals surface area contributed by atoms with Gasteiger partial charge < -0.3 is 19.1 Å². The van der Waals surface area contributed by atoms with E-state index in [9.17, 15) is 8.42 Å². The molecule has 0 unspecified atom stereocenters. The Morgan fingerprint density at radius 1 is 1.04 bits per heavy atom. The standard InChI is InChI=1S/C17H25N7O3S/c1-14-19-17(13-21(14)2)28(25,26)24-5-3-22(4-6-24)15-11-16(20-18-12-15)23-7-9-27-10-8-23/h11-13H,3-10H2,1-2H3. The zero-order chi connectivity index (χ0) is 19.7. The summed E-state index contributed by atoms with van der Waals surface area (Å²) in [6.07, 6.45) is 3.30. The van der Waals surface area contributed by atoms with Crippen LogP contribution >= 0.6 is 0 Å². The highest BCUT2D eigenvalue weighted by Gasteiger charge is 2.31. The molecule has 2 aromatic heterocycles. The van der Waals surface area contributed by atoms with Crippen molar-refractivity contribution in [2.45, 2.75) is 11.9 Å². The third-order valence-corrected chi connectivity index (χ3v) is 7.03. The Morgan fingerprint density at radius 2 is 1.75 bits per heavy atom. The highest BCUT2D eigenvalue weighted by Crippen LogP contribution is 2.23. The average Bonchev–Trinajstić information content (AvgIpc) is 3.08. The lowest BCUT2D eigenvalue weighted by molar-refractivity contribution is 0.122. The smallest absolute Gasteiger partial charge is 0.262 e. The maximum Gasteiger partial charge on any atom is 0.262 e. The van der Waals surface area contributed by atoms with Crippen molar-refractivity contribution >= 4 is 21.5 Å². The molecule has 2 aliphatic rings. The van der Waals surface area contributed by atoms with E-state index < -0.39 is 10.0 Å². The summed E-state index contributed by atoms with van der Waals surface area (Å²) >= 11 is 0. The molecule has 0 atom stereocenters. The Balaban J connectivity index is 1.44.